The summed E-state index contributed by atoms with van der Waals surface area (Å²) in [5.74, 6) is 0.109. The number of carbonyl (C=O) groups is 3. The number of fused-ring (bicyclic) bond motifs is 1. The average Bonchev–Trinajstić information content (AvgIpc) is 3.27. The molecule has 47 heavy (non-hydrogen) atoms. The average molecular weight is 647 g/mol. The fourth-order valence-electron chi connectivity index (χ4n) is 7.69. The van der Waals surface area contributed by atoms with Crippen LogP contribution in [0, 0.1) is 6.92 Å². The number of urea groups is 1. The molecule has 11 nitrogen and oxygen atoms in total. The molecule has 0 aliphatic carbocycles. The van der Waals surface area contributed by atoms with Crippen LogP contribution in [0.3, 0.4) is 0 Å². The largest absolute Gasteiger partial charge is 0.507 e. The van der Waals surface area contributed by atoms with E-state index in [4.69, 9.17) is 4.74 Å². The summed E-state index contributed by atoms with van der Waals surface area (Å²) in [4.78, 5) is 48.7. The molecular weight excluding hydrogens is 596 g/mol. The van der Waals surface area contributed by atoms with Gasteiger partial charge < -0.3 is 35.2 Å². The zero-order chi connectivity index (χ0) is 32.9. The molecule has 0 radical (unpaired) electrons. The lowest BCUT2D eigenvalue weighted by molar-refractivity contribution is -0.143. The van der Waals surface area contributed by atoms with Crippen LogP contribution in [-0.2, 0) is 28.8 Å². The SMILES string of the molecule is CCc1cc(C[C@@H](OC(=O)N2CCC(N3CCc4ccccc4NC3=O)CC2)C(=O)N2CCN(C3CCNCC3)CC2)cc(C)c1O. The third-order valence-electron chi connectivity index (χ3n) is 10.5. The van der Waals surface area contributed by atoms with E-state index in [0.717, 1.165) is 73.4 Å². The minimum absolute atomic E-state index is 0.0227. The topological polar surface area (TPSA) is 118 Å². The van der Waals surface area contributed by atoms with Crippen LogP contribution in [0.5, 0.6) is 5.75 Å². The summed E-state index contributed by atoms with van der Waals surface area (Å²) >= 11 is 0. The normalized spacial score (nSPS) is 20.7. The second kappa shape index (κ2) is 14.9. The molecule has 2 aromatic rings. The minimum Gasteiger partial charge on any atom is -0.507 e. The van der Waals surface area contributed by atoms with Gasteiger partial charge in [-0.3, -0.25) is 9.69 Å². The number of hydrogen-bond donors (Lipinski definition) is 3. The zero-order valence-corrected chi connectivity index (χ0v) is 27.9. The van der Waals surface area contributed by atoms with Gasteiger partial charge in [0.05, 0.1) is 0 Å². The van der Waals surface area contributed by atoms with Crippen molar-refractivity contribution in [2.75, 3.05) is 64.2 Å². The summed E-state index contributed by atoms with van der Waals surface area (Å²) < 4.78 is 6.08. The van der Waals surface area contributed by atoms with Crippen LogP contribution in [0.2, 0.25) is 0 Å². The second-order valence-corrected chi connectivity index (χ2v) is 13.4. The first-order valence-electron chi connectivity index (χ1n) is 17.5. The van der Waals surface area contributed by atoms with Crippen LogP contribution >= 0.6 is 0 Å². The molecule has 4 amide bonds. The number of nitrogens with zero attached hydrogens (tertiary/aromatic N) is 4. The van der Waals surface area contributed by atoms with E-state index in [1.54, 1.807) is 4.90 Å². The van der Waals surface area contributed by atoms with Crippen LogP contribution in [0.25, 0.3) is 0 Å². The number of aryl methyl sites for hydroxylation is 2. The lowest BCUT2D eigenvalue weighted by Gasteiger charge is -2.41. The maximum Gasteiger partial charge on any atom is 0.410 e. The predicted molar refractivity (Wildman–Crippen MR) is 181 cm³/mol. The van der Waals surface area contributed by atoms with Crippen molar-refractivity contribution in [1.82, 2.24) is 24.9 Å². The van der Waals surface area contributed by atoms with Crippen molar-refractivity contribution in [2.24, 2.45) is 0 Å². The summed E-state index contributed by atoms with van der Waals surface area (Å²) in [5, 5.41) is 17.0. The number of para-hydroxylation sites is 1. The number of phenolic OH excluding ortho intramolecular Hbond substituents is 1. The third kappa shape index (κ3) is 7.67. The van der Waals surface area contributed by atoms with Gasteiger partial charge in [0, 0.05) is 70.0 Å². The number of rotatable bonds is 7. The number of nitrogens with one attached hydrogen (secondary N) is 2. The Hall–Kier alpha value is -3.83. The van der Waals surface area contributed by atoms with Crippen molar-refractivity contribution < 1.29 is 24.2 Å². The lowest BCUT2D eigenvalue weighted by Crippen LogP contribution is -2.56. The zero-order valence-electron chi connectivity index (χ0n) is 27.9. The number of aromatic hydroxyl groups is 1. The number of ether oxygens (including phenoxy) is 1. The molecule has 6 rings (SSSR count). The highest BCUT2D eigenvalue weighted by Gasteiger charge is 2.36. The Morgan fingerprint density at radius 1 is 0.936 bits per heavy atom. The smallest absolute Gasteiger partial charge is 0.410 e. The number of anilines is 1. The summed E-state index contributed by atoms with van der Waals surface area (Å²) in [6, 6.07) is 12.2. The molecule has 0 aromatic heterocycles. The van der Waals surface area contributed by atoms with Gasteiger partial charge in [-0.25, -0.2) is 9.59 Å². The number of piperidine rings is 2. The van der Waals surface area contributed by atoms with Crippen LogP contribution < -0.4 is 10.6 Å². The molecule has 2 aromatic carbocycles. The highest BCUT2D eigenvalue weighted by atomic mass is 16.6. The van der Waals surface area contributed by atoms with Crippen molar-refractivity contribution in [3.8, 4) is 5.75 Å². The van der Waals surface area contributed by atoms with Crippen LogP contribution in [-0.4, -0.2) is 120 Å². The van der Waals surface area contributed by atoms with E-state index in [-0.39, 0.29) is 30.2 Å². The first-order chi connectivity index (χ1) is 22.8. The second-order valence-electron chi connectivity index (χ2n) is 13.4. The first-order valence-corrected chi connectivity index (χ1v) is 17.5. The van der Waals surface area contributed by atoms with Crippen molar-refractivity contribution in [1.29, 1.82) is 0 Å². The maximum absolute atomic E-state index is 14.0. The first kappa shape index (κ1) is 33.1. The third-order valence-corrected chi connectivity index (χ3v) is 10.5. The highest BCUT2D eigenvalue weighted by molar-refractivity contribution is 5.91. The number of piperazine rings is 1. The maximum atomic E-state index is 14.0. The van der Waals surface area contributed by atoms with E-state index >= 15 is 0 Å². The number of phenols is 1. The molecule has 4 aliphatic heterocycles. The van der Waals surface area contributed by atoms with Crippen molar-refractivity contribution in [2.45, 2.75) is 77.0 Å². The number of hydrogen-bond acceptors (Lipinski definition) is 7. The molecule has 0 bridgehead atoms. The summed E-state index contributed by atoms with van der Waals surface area (Å²) in [6.07, 6.45) is 3.78. The monoisotopic (exact) mass is 646 g/mol. The van der Waals surface area contributed by atoms with Crippen LogP contribution in [0.4, 0.5) is 15.3 Å². The molecule has 254 valence electrons. The standard InChI is InChI=1S/C36H50N6O5/c1-3-27-23-26(22-25(2)33(27)43)24-32(34(44)40-20-18-39(19-21-40)29-8-13-37-14-9-29)47-36(46)41-15-11-30(12-16-41)42-17-10-28-6-4-5-7-31(28)38-35(42)45/h4-7,22-23,29-30,32,37,43H,3,8-21,24H2,1-2H3,(H,38,45)/t32-/m1/s1. The molecule has 0 unspecified atom stereocenters. The number of likely N-dealkylation sites (tertiary alicyclic amines) is 1. The Kier molecular flexibility index (Phi) is 10.5. The Morgan fingerprint density at radius 3 is 2.38 bits per heavy atom. The van der Waals surface area contributed by atoms with Crippen LogP contribution in [0.15, 0.2) is 36.4 Å². The molecule has 3 saturated heterocycles. The van der Waals surface area contributed by atoms with E-state index in [0.29, 0.717) is 58.0 Å². The van der Waals surface area contributed by atoms with Gasteiger partial charge in [0.15, 0.2) is 6.10 Å². The molecule has 4 aliphatic rings. The fourth-order valence-corrected chi connectivity index (χ4v) is 7.69. The Bertz CT molecular complexity index is 1430. The van der Waals surface area contributed by atoms with Gasteiger partial charge in [0.2, 0.25) is 0 Å². The number of carbonyl (C=O) groups excluding carboxylic acids is 3. The lowest BCUT2D eigenvalue weighted by atomic mass is 9.98. The molecule has 3 N–H and O–H groups in total. The van der Waals surface area contributed by atoms with Gasteiger partial charge in [0.1, 0.15) is 5.75 Å². The molecular formula is C36H50N6O5. The minimum atomic E-state index is -0.964. The van der Waals surface area contributed by atoms with E-state index < -0.39 is 12.2 Å². The van der Waals surface area contributed by atoms with Crippen molar-refractivity contribution in [3.05, 3.63) is 58.7 Å². The van der Waals surface area contributed by atoms with E-state index in [1.807, 2.05) is 60.0 Å². The summed E-state index contributed by atoms with van der Waals surface area (Å²) in [6.45, 7) is 10.3. The molecule has 4 heterocycles. The molecule has 11 heteroatoms. The molecule has 0 saturated carbocycles. The molecule has 1 atom stereocenters. The van der Waals surface area contributed by atoms with Gasteiger partial charge in [-0.2, -0.15) is 0 Å². The fraction of sp³-hybridized carbons (Fsp3) is 0.583. The number of amides is 4. The Morgan fingerprint density at radius 2 is 1.66 bits per heavy atom. The van der Waals surface area contributed by atoms with E-state index in [9.17, 15) is 19.5 Å². The van der Waals surface area contributed by atoms with Crippen molar-refractivity contribution in [3.63, 3.8) is 0 Å². The highest BCUT2D eigenvalue weighted by Crippen LogP contribution is 2.28. The van der Waals surface area contributed by atoms with Gasteiger partial charge in [-0.05, 0) is 86.9 Å². The predicted octanol–water partition coefficient (Wildman–Crippen LogP) is 3.76. The van der Waals surface area contributed by atoms with Gasteiger partial charge in [-0.1, -0.05) is 37.3 Å². The molecule has 0 spiro atoms. The van der Waals surface area contributed by atoms with E-state index in [2.05, 4.69) is 15.5 Å². The molecule has 3 fully saturated rings. The van der Waals surface area contributed by atoms with E-state index in [1.165, 1.54) is 0 Å². The Labute approximate surface area is 278 Å². The van der Waals surface area contributed by atoms with Gasteiger partial charge >= 0.3 is 12.1 Å². The van der Waals surface area contributed by atoms with Crippen LogP contribution in [0.1, 0.15) is 54.9 Å². The van der Waals surface area contributed by atoms with Crippen molar-refractivity contribution >= 4 is 23.7 Å². The van der Waals surface area contributed by atoms with Gasteiger partial charge in [-0.15, -0.1) is 0 Å². The quantitative estimate of drug-likeness (QED) is 0.420. The summed E-state index contributed by atoms with van der Waals surface area (Å²) in [7, 11) is 0. The van der Waals surface area contributed by atoms with Gasteiger partial charge in [0.25, 0.3) is 5.91 Å². The number of benzene rings is 2. The Balaban J connectivity index is 1.10. The summed E-state index contributed by atoms with van der Waals surface area (Å²) in [5.41, 5.74) is 4.41.